The average molecular weight is 180 g/mol. The zero-order valence-electron chi connectivity index (χ0n) is 5.64. The first kappa shape index (κ1) is 8.44. The predicted octanol–water partition coefficient (Wildman–Crippen LogP) is -1.88. The number of hydrogen-bond acceptors (Lipinski definition) is 5. The molecule has 0 fully saturated rings. The third kappa shape index (κ3) is 2.14. The van der Waals surface area contributed by atoms with Gasteiger partial charge in [0.15, 0.2) is 5.79 Å². The lowest BCUT2D eigenvalue weighted by Crippen LogP contribution is -2.41. The van der Waals surface area contributed by atoms with E-state index in [9.17, 15) is 13.5 Å². The average Bonchev–Trinajstić information content (AvgIpc) is 1.49. The van der Waals surface area contributed by atoms with Crippen LogP contribution < -0.4 is 5.11 Å². The fourth-order valence-electron chi connectivity index (χ4n) is 0.713. The zero-order valence-corrected chi connectivity index (χ0v) is 6.46. The summed E-state index contributed by atoms with van der Waals surface area (Å²) in [5.41, 5.74) is 0. The predicted molar refractivity (Wildman–Crippen MR) is 32.7 cm³/mol. The van der Waals surface area contributed by atoms with Crippen molar-refractivity contribution < 1.29 is 22.8 Å². The molecule has 1 atom stereocenters. The van der Waals surface area contributed by atoms with E-state index in [1.165, 1.54) is 0 Å². The fourth-order valence-corrected chi connectivity index (χ4v) is 1.58. The Hall–Kier alpha value is -0.660. The van der Waals surface area contributed by atoms with Crippen molar-refractivity contribution in [2.45, 2.75) is 19.1 Å². The normalized spacial score (nSPS) is 36.4. The van der Waals surface area contributed by atoms with E-state index in [-0.39, 0.29) is 0 Å². The van der Waals surface area contributed by atoms with Gasteiger partial charge in [-0.3, -0.25) is 0 Å². The number of nitrogens with zero attached hydrogens (tertiary/aromatic N) is 1. The zero-order chi connectivity index (χ0) is 8.70. The van der Waals surface area contributed by atoms with E-state index in [0.29, 0.717) is 0 Å². The van der Waals surface area contributed by atoms with Gasteiger partial charge in [0.25, 0.3) is 0 Å². The van der Waals surface area contributed by atoms with E-state index in [1.807, 2.05) is 0 Å². The molecule has 0 aromatic rings. The lowest BCUT2D eigenvalue weighted by molar-refractivity contribution is -0.232. The van der Waals surface area contributed by atoms with Gasteiger partial charge in [-0.2, -0.15) is 12.8 Å². The maximum Gasteiger partial charge on any atom is 0.382 e. The molecule has 0 spiro atoms. The van der Waals surface area contributed by atoms with Crippen molar-refractivity contribution in [2.75, 3.05) is 0 Å². The largest absolute Gasteiger partial charge is 0.861 e. The summed E-state index contributed by atoms with van der Waals surface area (Å²) < 4.78 is 27.7. The molecule has 0 aromatic carbocycles. The second kappa shape index (κ2) is 2.16. The van der Waals surface area contributed by atoms with E-state index in [1.54, 1.807) is 0 Å². The van der Waals surface area contributed by atoms with Gasteiger partial charge < -0.3 is 10.2 Å². The maximum absolute atomic E-state index is 10.5. The Bertz CT molecular complexity index is 290. The first-order valence-corrected chi connectivity index (χ1v) is 4.11. The molecule has 6 nitrogen and oxygen atoms in total. The van der Waals surface area contributed by atoms with Crippen LogP contribution in [0.5, 0.6) is 0 Å². The number of aliphatic hydroxyl groups is 1. The van der Waals surface area contributed by atoms with Crippen molar-refractivity contribution >= 4 is 16.2 Å². The standard InChI is InChI=1S/C4H7NO5S/c1-4(7)2-3(6)5-11(8,9)10-4/h7H,2H2,1H3,(H,5,6)/p-1. The van der Waals surface area contributed by atoms with Gasteiger partial charge in [0.05, 0.1) is 0 Å². The summed E-state index contributed by atoms with van der Waals surface area (Å²) >= 11 is 0. The van der Waals surface area contributed by atoms with Crippen LogP contribution >= 0.6 is 0 Å². The highest BCUT2D eigenvalue weighted by molar-refractivity contribution is 7.85. The third-order valence-electron chi connectivity index (χ3n) is 0.978. The summed E-state index contributed by atoms with van der Waals surface area (Å²) in [6.45, 7) is 1.08. The van der Waals surface area contributed by atoms with Crippen LogP contribution in [0.1, 0.15) is 13.3 Å². The molecule has 0 saturated heterocycles. The quantitative estimate of drug-likeness (QED) is 0.470. The topological polar surface area (TPSA) is 99.0 Å². The van der Waals surface area contributed by atoms with Gasteiger partial charge in [-0.1, -0.05) is 0 Å². The molecule has 0 radical (unpaired) electrons. The molecule has 1 heterocycles. The van der Waals surface area contributed by atoms with E-state index in [0.717, 1.165) is 6.92 Å². The molecule has 0 bridgehead atoms. The van der Waals surface area contributed by atoms with Crippen molar-refractivity contribution in [3.63, 3.8) is 0 Å². The number of rotatable bonds is 0. The van der Waals surface area contributed by atoms with Crippen LogP contribution in [0.15, 0.2) is 4.40 Å². The Morgan fingerprint density at radius 3 is 2.73 bits per heavy atom. The highest BCUT2D eigenvalue weighted by Crippen LogP contribution is 2.20. The molecule has 0 aromatic heterocycles. The Balaban J connectivity index is 3.05. The molecule has 0 amide bonds. The van der Waals surface area contributed by atoms with Gasteiger partial charge in [-0.05, 0) is 12.8 Å². The maximum atomic E-state index is 10.5. The molecule has 0 aliphatic carbocycles. The van der Waals surface area contributed by atoms with Crippen molar-refractivity contribution in [2.24, 2.45) is 4.40 Å². The Labute approximate surface area is 63.4 Å². The van der Waals surface area contributed by atoms with Crippen LogP contribution in [0.4, 0.5) is 0 Å². The van der Waals surface area contributed by atoms with E-state index >= 15 is 0 Å². The van der Waals surface area contributed by atoms with Crippen LogP contribution in [0.25, 0.3) is 0 Å². The lowest BCUT2D eigenvalue weighted by Gasteiger charge is -2.28. The van der Waals surface area contributed by atoms with Gasteiger partial charge >= 0.3 is 10.3 Å². The van der Waals surface area contributed by atoms with Crippen molar-refractivity contribution in [1.82, 2.24) is 0 Å². The third-order valence-corrected chi connectivity index (χ3v) is 1.97. The molecule has 1 aliphatic rings. The molecule has 1 rings (SSSR count). The summed E-state index contributed by atoms with van der Waals surface area (Å²) in [5.74, 6) is -2.85. The first-order chi connectivity index (χ1) is 4.81. The smallest absolute Gasteiger partial charge is 0.382 e. The van der Waals surface area contributed by atoms with Gasteiger partial charge in [0.2, 0.25) is 0 Å². The molecule has 1 unspecified atom stereocenters. The van der Waals surface area contributed by atoms with E-state index in [4.69, 9.17) is 5.11 Å². The van der Waals surface area contributed by atoms with Gasteiger partial charge in [0.1, 0.15) is 0 Å². The summed E-state index contributed by atoms with van der Waals surface area (Å²) in [7, 11) is -4.21. The Morgan fingerprint density at radius 1 is 1.82 bits per heavy atom. The molecule has 64 valence electrons. The summed E-state index contributed by atoms with van der Waals surface area (Å²) in [6.07, 6.45) is -0.438. The van der Waals surface area contributed by atoms with Gasteiger partial charge in [-0.25, -0.2) is 4.18 Å². The van der Waals surface area contributed by atoms with Crippen molar-refractivity contribution in [3.8, 4) is 0 Å². The molecule has 11 heavy (non-hydrogen) atoms. The molecular formula is C4H6NO5S-. The van der Waals surface area contributed by atoms with Crippen LogP contribution in [0.2, 0.25) is 0 Å². The highest BCUT2D eigenvalue weighted by atomic mass is 32.2. The lowest BCUT2D eigenvalue weighted by atomic mass is 10.2. The molecule has 0 saturated carbocycles. The Kier molecular flexibility index (Phi) is 1.66. The second-order valence-corrected chi connectivity index (χ2v) is 3.55. The monoisotopic (exact) mass is 180 g/mol. The fraction of sp³-hybridized carbons (Fsp3) is 0.750. The second-order valence-electron chi connectivity index (χ2n) is 2.35. The van der Waals surface area contributed by atoms with E-state index in [2.05, 4.69) is 8.58 Å². The number of hydrogen-bond donors (Lipinski definition) is 1. The van der Waals surface area contributed by atoms with Crippen LogP contribution in [0.3, 0.4) is 0 Å². The van der Waals surface area contributed by atoms with E-state index < -0.39 is 28.4 Å². The van der Waals surface area contributed by atoms with Crippen molar-refractivity contribution in [3.05, 3.63) is 0 Å². The van der Waals surface area contributed by atoms with Crippen LogP contribution in [0, 0.1) is 0 Å². The summed E-state index contributed by atoms with van der Waals surface area (Å²) in [5, 5.41) is 19.5. The minimum atomic E-state index is -4.21. The molecule has 1 N–H and O–H groups in total. The minimum absolute atomic E-state index is 0.438. The molecule has 1 aliphatic heterocycles. The Morgan fingerprint density at radius 2 is 2.36 bits per heavy atom. The highest BCUT2D eigenvalue weighted by Gasteiger charge is 2.32. The van der Waals surface area contributed by atoms with Gasteiger partial charge in [-0.15, -0.1) is 0 Å². The molecular weight excluding hydrogens is 174 g/mol. The minimum Gasteiger partial charge on any atom is -0.861 e. The molecule has 7 heteroatoms. The SMILES string of the molecule is CC1(O)CC([O-])=NS(=O)(=O)O1. The van der Waals surface area contributed by atoms with Crippen LogP contribution in [-0.4, -0.2) is 25.2 Å². The van der Waals surface area contributed by atoms with Gasteiger partial charge in [0, 0.05) is 6.42 Å². The van der Waals surface area contributed by atoms with Crippen LogP contribution in [-0.2, 0) is 14.5 Å². The summed E-state index contributed by atoms with van der Waals surface area (Å²) in [4.78, 5) is 0. The summed E-state index contributed by atoms with van der Waals surface area (Å²) in [6, 6.07) is 0. The first-order valence-electron chi connectivity index (χ1n) is 2.75. The van der Waals surface area contributed by atoms with Crippen molar-refractivity contribution in [1.29, 1.82) is 0 Å².